The van der Waals surface area contributed by atoms with Gasteiger partial charge in [-0.2, -0.15) is 0 Å². The summed E-state index contributed by atoms with van der Waals surface area (Å²) in [5.74, 6) is -2.39. The molecular weight excluding hydrogens is 433 g/mol. The van der Waals surface area contributed by atoms with Crippen LogP contribution in [0.25, 0.3) is 0 Å². The monoisotopic (exact) mass is 459 g/mol. The fourth-order valence-corrected chi connectivity index (χ4v) is 2.76. The summed E-state index contributed by atoms with van der Waals surface area (Å²) < 4.78 is 0. The molecule has 14 heteroatoms. The smallest absolute Gasteiger partial charge is 0.317 e. The third-order valence-electron chi connectivity index (χ3n) is 3.90. The lowest BCUT2D eigenvalue weighted by Gasteiger charge is -2.46. The van der Waals surface area contributed by atoms with E-state index in [9.17, 15) is 24.9 Å². The number of halogens is 3. The Hall–Kier alpha value is -0.470. The lowest BCUT2D eigenvalue weighted by molar-refractivity contribution is -0.138. The molecule has 2 unspecified atom stereocenters. The van der Waals surface area contributed by atoms with Gasteiger partial charge in [-0.25, -0.2) is 0 Å². The second kappa shape index (κ2) is 15.5. The van der Waals surface area contributed by atoms with Crippen LogP contribution in [0.4, 0.5) is 0 Å². The normalized spacial score (nSPS) is 29.6. The molecule has 6 atom stereocenters. The van der Waals surface area contributed by atoms with Gasteiger partial charge in [0.25, 0.3) is 0 Å². The van der Waals surface area contributed by atoms with Gasteiger partial charge in [0, 0.05) is 6.61 Å². The molecular formula is C13H28Cl3N3O8. The summed E-state index contributed by atoms with van der Waals surface area (Å²) in [5.41, 5.74) is 0. The molecule has 0 aromatic rings. The predicted octanol–water partition coefficient (Wildman–Crippen LogP) is -3.23. The summed E-state index contributed by atoms with van der Waals surface area (Å²) in [5, 5.41) is 65.0. The van der Waals surface area contributed by atoms with Crippen LogP contribution in [0.5, 0.6) is 0 Å². The second-order valence-corrected chi connectivity index (χ2v) is 5.63. The Morgan fingerprint density at radius 3 is 1.33 bits per heavy atom. The van der Waals surface area contributed by atoms with E-state index in [1.807, 2.05) is 0 Å². The van der Waals surface area contributed by atoms with Gasteiger partial charge >= 0.3 is 11.9 Å². The summed E-state index contributed by atoms with van der Waals surface area (Å²) >= 11 is 0. The van der Waals surface area contributed by atoms with Crippen LogP contribution in [-0.2, 0) is 9.59 Å². The van der Waals surface area contributed by atoms with E-state index < -0.39 is 61.5 Å². The number of aliphatic hydroxyl groups is 4. The average molecular weight is 461 g/mol. The van der Waals surface area contributed by atoms with Gasteiger partial charge in [-0.3, -0.25) is 20.2 Å². The van der Waals surface area contributed by atoms with Crippen LogP contribution in [0.3, 0.4) is 0 Å². The van der Waals surface area contributed by atoms with E-state index in [0.29, 0.717) is 6.42 Å². The van der Waals surface area contributed by atoms with Crippen LogP contribution in [-0.4, -0.2) is 105 Å². The fourth-order valence-electron chi connectivity index (χ4n) is 2.76. The fraction of sp³-hybridized carbons (Fsp3) is 0.846. The number of hydrogen-bond donors (Lipinski definition) is 9. The van der Waals surface area contributed by atoms with Crippen molar-refractivity contribution in [3.8, 4) is 0 Å². The Labute approximate surface area is 174 Å². The van der Waals surface area contributed by atoms with Gasteiger partial charge < -0.3 is 36.0 Å². The topological polar surface area (TPSA) is 192 Å². The Morgan fingerprint density at radius 1 is 0.704 bits per heavy atom. The molecule has 0 heterocycles. The van der Waals surface area contributed by atoms with E-state index in [0.717, 1.165) is 0 Å². The molecule has 1 aliphatic rings. The Kier molecular flexibility index (Phi) is 17.9. The zero-order valence-electron chi connectivity index (χ0n) is 14.2. The highest BCUT2D eigenvalue weighted by Crippen LogP contribution is 2.22. The minimum atomic E-state index is -1.41. The molecule has 0 aromatic heterocycles. The lowest BCUT2D eigenvalue weighted by atomic mass is 9.79. The van der Waals surface area contributed by atoms with Crippen LogP contribution in [0, 0.1) is 0 Å². The van der Waals surface area contributed by atoms with Crippen molar-refractivity contribution in [2.24, 2.45) is 0 Å². The lowest BCUT2D eigenvalue weighted by Crippen LogP contribution is -2.74. The van der Waals surface area contributed by atoms with Crippen molar-refractivity contribution in [1.29, 1.82) is 0 Å². The Bertz CT molecular complexity index is 406. The molecule has 1 saturated carbocycles. The number of aliphatic hydroxyl groups excluding tert-OH is 4. The molecule has 164 valence electrons. The number of carbonyl (C=O) groups is 2. The van der Waals surface area contributed by atoms with Crippen molar-refractivity contribution in [3.63, 3.8) is 0 Å². The number of nitrogens with one attached hydrogen (secondary N) is 3. The second-order valence-electron chi connectivity index (χ2n) is 5.63. The van der Waals surface area contributed by atoms with Gasteiger partial charge in [0.1, 0.15) is 0 Å². The molecule has 0 radical (unpaired) electrons. The van der Waals surface area contributed by atoms with Gasteiger partial charge in [0.15, 0.2) is 0 Å². The highest BCUT2D eigenvalue weighted by Gasteiger charge is 2.49. The third-order valence-corrected chi connectivity index (χ3v) is 3.90. The van der Waals surface area contributed by atoms with Crippen LogP contribution in [0.1, 0.15) is 6.42 Å². The van der Waals surface area contributed by atoms with Crippen molar-refractivity contribution in [3.05, 3.63) is 0 Å². The van der Waals surface area contributed by atoms with Crippen LogP contribution >= 0.6 is 37.2 Å². The van der Waals surface area contributed by atoms with Gasteiger partial charge in [-0.05, 0) is 13.0 Å². The molecule has 0 bridgehead atoms. The molecule has 0 aliphatic heterocycles. The van der Waals surface area contributed by atoms with E-state index in [2.05, 4.69) is 16.0 Å². The largest absolute Gasteiger partial charge is 0.480 e. The zero-order chi connectivity index (χ0) is 18.3. The maximum atomic E-state index is 10.7. The first kappa shape index (κ1) is 31.2. The summed E-state index contributed by atoms with van der Waals surface area (Å²) in [4.78, 5) is 21.4. The molecule has 0 spiro atoms. The highest BCUT2D eigenvalue weighted by atomic mass is 35.5. The molecule has 0 aromatic carbocycles. The number of carboxylic acids is 2. The van der Waals surface area contributed by atoms with Gasteiger partial charge in [-0.1, -0.05) is 0 Å². The molecule has 1 rings (SSSR count). The van der Waals surface area contributed by atoms with Crippen molar-refractivity contribution < 1.29 is 40.2 Å². The van der Waals surface area contributed by atoms with E-state index in [1.54, 1.807) is 0 Å². The highest BCUT2D eigenvalue weighted by molar-refractivity contribution is 5.86. The molecule has 1 aliphatic carbocycles. The molecule has 1 fully saturated rings. The van der Waals surface area contributed by atoms with E-state index in [-0.39, 0.29) is 50.4 Å². The van der Waals surface area contributed by atoms with Crippen molar-refractivity contribution in [2.45, 2.75) is 42.9 Å². The molecule has 11 nitrogen and oxygen atoms in total. The number of carboxylic acid groups (broad SMARTS) is 2. The maximum absolute atomic E-state index is 10.7. The summed E-state index contributed by atoms with van der Waals surface area (Å²) in [6, 6.07) is -3.14. The van der Waals surface area contributed by atoms with Crippen LogP contribution in [0.15, 0.2) is 0 Å². The van der Waals surface area contributed by atoms with Gasteiger partial charge in [-0.15, -0.1) is 37.2 Å². The maximum Gasteiger partial charge on any atom is 0.317 e. The Balaban J connectivity index is -0.00000192. The first-order valence-electron chi connectivity index (χ1n) is 7.58. The van der Waals surface area contributed by atoms with Gasteiger partial charge in [0.2, 0.25) is 0 Å². The molecule has 0 saturated heterocycles. The first-order valence-corrected chi connectivity index (χ1v) is 7.58. The quantitative estimate of drug-likeness (QED) is 0.149. The number of rotatable bonds is 10. The van der Waals surface area contributed by atoms with E-state index in [4.69, 9.17) is 15.3 Å². The average Bonchev–Trinajstić information content (AvgIpc) is 2.49. The Morgan fingerprint density at radius 2 is 1.04 bits per heavy atom. The van der Waals surface area contributed by atoms with Crippen molar-refractivity contribution >= 4 is 49.2 Å². The molecule has 27 heavy (non-hydrogen) atoms. The number of hydrogen-bond acceptors (Lipinski definition) is 9. The molecule has 0 amide bonds. The minimum Gasteiger partial charge on any atom is -0.480 e. The minimum absolute atomic E-state index is 0. The number of aliphatic carboxylic acids is 2. The molecule has 9 N–H and O–H groups in total. The third kappa shape index (κ3) is 9.52. The van der Waals surface area contributed by atoms with Crippen molar-refractivity contribution in [2.75, 3.05) is 26.2 Å². The summed E-state index contributed by atoms with van der Waals surface area (Å²) in [6.45, 7) is -0.883. The van der Waals surface area contributed by atoms with Gasteiger partial charge in [0.05, 0.1) is 49.5 Å². The zero-order valence-corrected chi connectivity index (χ0v) is 16.7. The van der Waals surface area contributed by atoms with Crippen LogP contribution in [0.2, 0.25) is 0 Å². The van der Waals surface area contributed by atoms with Crippen LogP contribution < -0.4 is 16.0 Å². The predicted molar refractivity (Wildman–Crippen MR) is 102 cm³/mol. The standard InChI is InChI=1S/C13H25N3O8.3ClH/c17-3-1-2-14-8-11(22)9(15-4-6(18)19)13(24)10(12(8)23)16-5-7(20)21;;;/h8-17,22-24H,1-5H2,(H,18,19)(H,20,21);3*1H/t8?,9-,10+,11-,12+,13?;;;. The summed E-state index contributed by atoms with van der Waals surface area (Å²) in [7, 11) is 0. The SMILES string of the molecule is Cl.Cl.Cl.O=C(O)CN[C@@H]1C(O)[C@H](NCC(=O)O)[C@H](O)C(NCCCO)[C@@H]1O. The van der Waals surface area contributed by atoms with Crippen molar-refractivity contribution in [1.82, 2.24) is 16.0 Å². The first-order chi connectivity index (χ1) is 11.3. The summed E-state index contributed by atoms with van der Waals surface area (Å²) in [6.07, 6.45) is -3.70. The van der Waals surface area contributed by atoms with E-state index in [1.165, 1.54) is 0 Å². The van der Waals surface area contributed by atoms with E-state index >= 15 is 0 Å².